The molecule has 0 unspecified atom stereocenters. The molecule has 0 saturated heterocycles. The maximum Gasteiger partial charge on any atom is 0.225 e. The van der Waals surface area contributed by atoms with Gasteiger partial charge in [-0.1, -0.05) is 19.9 Å². The molecule has 1 aromatic heterocycles. The minimum atomic E-state index is 0.00368. The molecule has 0 aliphatic heterocycles. The summed E-state index contributed by atoms with van der Waals surface area (Å²) in [5, 5.41) is 2.92. The van der Waals surface area contributed by atoms with E-state index in [0.717, 1.165) is 16.5 Å². The molecule has 0 aliphatic rings. The van der Waals surface area contributed by atoms with E-state index in [1.165, 1.54) is 16.7 Å². The van der Waals surface area contributed by atoms with Crippen molar-refractivity contribution in [3.8, 4) is 5.75 Å². The van der Waals surface area contributed by atoms with Gasteiger partial charge in [-0.2, -0.15) is 0 Å². The zero-order chi connectivity index (χ0) is 17.9. The predicted octanol–water partition coefficient (Wildman–Crippen LogP) is 4.26. The van der Waals surface area contributed by atoms with E-state index in [9.17, 15) is 4.79 Å². The van der Waals surface area contributed by atoms with Crippen molar-refractivity contribution in [2.45, 2.75) is 47.8 Å². The normalized spacial score (nSPS) is 11.0. The summed E-state index contributed by atoms with van der Waals surface area (Å²) in [6.45, 7) is 11.0. The van der Waals surface area contributed by atoms with Crippen molar-refractivity contribution in [3.05, 3.63) is 44.9 Å². The number of thiazole rings is 1. The third-order valence-corrected chi connectivity index (χ3v) is 4.85. The molecule has 1 heterocycles. The maximum absolute atomic E-state index is 11.9. The van der Waals surface area contributed by atoms with Crippen molar-refractivity contribution >= 4 is 17.2 Å². The lowest BCUT2D eigenvalue weighted by molar-refractivity contribution is -0.133. The Hall–Kier alpha value is -1.88. The Bertz CT molecular complexity index is 722. The third-order valence-electron chi connectivity index (χ3n) is 3.98. The molecule has 0 saturated carbocycles. The van der Waals surface area contributed by atoms with Crippen molar-refractivity contribution in [2.24, 2.45) is 5.92 Å². The van der Waals surface area contributed by atoms with Crippen molar-refractivity contribution < 1.29 is 9.53 Å². The molecule has 1 aromatic carbocycles. The zero-order valence-corrected chi connectivity index (χ0v) is 16.2. The van der Waals surface area contributed by atoms with E-state index in [1.807, 2.05) is 26.3 Å². The molecule has 5 heteroatoms. The Morgan fingerprint density at radius 1 is 1.29 bits per heavy atom. The lowest BCUT2D eigenvalue weighted by Gasteiger charge is -2.18. The molecule has 130 valence electrons. The zero-order valence-electron chi connectivity index (χ0n) is 15.3. The second kappa shape index (κ2) is 7.79. The lowest BCUT2D eigenvalue weighted by atomic mass is 10.1. The first-order valence-corrected chi connectivity index (χ1v) is 9.04. The fraction of sp³-hybridized carbons (Fsp3) is 0.474. The van der Waals surface area contributed by atoms with Crippen molar-refractivity contribution in [1.29, 1.82) is 0 Å². The molecule has 0 aliphatic carbocycles. The Labute approximate surface area is 148 Å². The molecule has 24 heavy (non-hydrogen) atoms. The highest BCUT2D eigenvalue weighted by Gasteiger charge is 2.14. The second-order valence-electron chi connectivity index (χ2n) is 6.58. The van der Waals surface area contributed by atoms with Crippen LogP contribution in [-0.4, -0.2) is 22.8 Å². The fourth-order valence-corrected chi connectivity index (χ4v) is 3.24. The number of hydrogen-bond donors (Lipinski definition) is 0. The van der Waals surface area contributed by atoms with Crippen LogP contribution in [0.15, 0.2) is 17.5 Å². The van der Waals surface area contributed by atoms with Gasteiger partial charge >= 0.3 is 0 Å². The SMILES string of the molecule is Cc1cc(C)c(C)c(OCc2nc(CN(C)C(=O)C(C)C)cs2)c1. The number of benzene rings is 1. The van der Waals surface area contributed by atoms with Crippen molar-refractivity contribution in [2.75, 3.05) is 7.05 Å². The molecular formula is C19H26N2O2S. The topological polar surface area (TPSA) is 42.4 Å². The maximum atomic E-state index is 11.9. The van der Waals surface area contributed by atoms with E-state index >= 15 is 0 Å². The van der Waals surface area contributed by atoms with Crippen LogP contribution in [0.2, 0.25) is 0 Å². The van der Waals surface area contributed by atoms with Gasteiger partial charge in [-0.05, 0) is 43.5 Å². The van der Waals surface area contributed by atoms with Crippen molar-refractivity contribution in [1.82, 2.24) is 9.88 Å². The van der Waals surface area contributed by atoms with Crippen LogP contribution in [0.25, 0.3) is 0 Å². The van der Waals surface area contributed by atoms with Gasteiger partial charge in [0.15, 0.2) is 0 Å². The average Bonchev–Trinajstić information content (AvgIpc) is 2.95. The molecule has 0 N–H and O–H groups in total. The van der Waals surface area contributed by atoms with Crippen LogP contribution in [-0.2, 0) is 17.9 Å². The number of ether oxygens (including phenoxy) is 1. The third kappa shape index (κ3) is 4.57. The van der Waals surface area contributed by atoms with Gasteiger partial charge in [0.05, 0.1) is 12.2 Å². The molecule has 0 spiro atoms. The Balaban J connectivity index is 1.98. The number of hydrogen-bond acceptors (Lipinski definition) is 4. The van der Waals surface area contributed by atoms with Gasteiger partial charge in [0.25, 0.3) is 0 Å². The second-order valence-corrected chi connectivity index (χ2v) is 7.52. The van der Waals surface area contributed by atoms with E-state index in [0.29, 0.717) is 13.2 Å². The van der Waals surface area contributed by atoms with E-state index in [-0.39, 0.29) is 11.8 Å². The first-order valence-electron chi connectivity index (χ1n) is 8.16. The Morgan fingerprint density at radius 2 is 2.00 bits per heavy atom. The van der Waals surface area contributed by atoms with Crippen LogP contribution >= 0.6 is 11.3 Å². The van der Waals surface area contributed by atoms with E-state index in [4.69, 9.17) is 4.74 Å². The summed E-state index contributed by atoms with van der Waals surface area (Å²) in [5.41, 5.74) is 4.51. The largest absolute Gasteiger partial charge is 0.486 e. The monoisotopic (exact) mass is 346 g/mol. The summed E-state index contributed by atoms with van der Waals surface area (Å²) in [4.78, 5) is 18.2. The van der Waals surface area contributed by atoms with Crippen LogP contribution in [0.3, 0.4) is 0 Å². The lowest BCUT2D eigenvalue weighted by Crippen LogP contribution is -2.30. The van der Waals surface area contributed by atoms with Gasteiger partial charge in [-0.3, -0.25) is 4.79 Å². The first-order chi connectivity index (χ1) is 11.3. The number of aryl methyl sites for hydroxylation is 2. The molecule has 0 fully saturated rings. The number of amides is 1. The molecule has 0 bridgehead atoms. The summed E-state index contributed by atoms with van der Waals surface area (Å²) in [6, 6.07) is 4.22. The summed E-state index contributed by atoms with van der Waals surface area (Å²) in [7, 11) is 1.82. The summed E-state index contributed by atoms with van der Waals surface area (Å²) in [6.07, 6.45) is 0. The van der Waals surface area contributed by atoms with Crippen LogP contribution in [0, 0.1) is 26.7 Å². The van der Waals surface area contributed by atoms with Crippen LogP contribution in [0.4, 0.5) is 0 Å². The number of carbonyl (C=O) groups is 1. The summed E-state index contributed by atoms with van der Waals surface area (Å²) < 4.78 is 5.96. The quantitative estimate of drug-likeness (QED) is 0.785. The van der Waals surface area contributed by atoms with E-state index in [1.54, 1.807) is 16.2 Å². The summed E-state index contributed by atoms with van der Waals surface area (Å²) >= 11 is 1.57. The molecule has 0 radical (unpaired) electrons. The van der Waals surface area contributed by atoms with Crippen molar-refractivity contribution in [3.63, 3.8) is 0 Å². The van der Waals surface area contributed by atoms with Gasteiger partial charge in [0.1, 0.15) is 17.4 Å². The summed E-state index contributed by atoms with van der Waals surface area (Å²) in [5.74, 6) is 1.05. The highest BCUT2D eigenvalue weighted by atomic mass is 32.1. The van der Waals surface area contributed by atoms with Gasteiger partial charge in [0, 0.05) is 18.3 Å². The van der Waals surface area contributed by atoms with Gasteiger partial charge in [-0.15, -0.1) is 11.3 Å². The number of nitrogens with zero attached hydrogens (tertiary/aromatic N) is 2. The molecule has 4 nitrogen and oxygen atoms in total. The minimum absolute atomic E-state index is 0.00368. The number of aromatic nitrogens is 1. The van der Waals surface area contributed by atoms with Crippen LogP contribution in [0.1, 0.15) is 41.2 Å². The van der Waals surface area contributed by atoms with Gasteiger partial charge in [0.2, 0.25) is 5.91 Å². The van der Waals surface area contributed by atoms with Gasteiger partial charge < -0.3 is 9.64 Å². The highest BCUT2D eigenvalue weighted by molar-refractivity contribution is 7.09. The molecular weight excluding hydrogens is 320 g/mol. The molecule has 1 amide bonds. The molecule has 2 rings (SSSR count). The van der Waals surface area contributed by atoms with E-state index in [2.05, 4.69) is 37.9 Å². The predicted molar refractivity (Wildman–Crippen MR) is 98.4 cm³/mol. The Kier molecular flexibility index (Phi) is 5.99. The molecule has 2 aromatic rings. The Morgan fingerprint density at radius 3 is 2.67 bits per heavy atom. The van der Waals surface area contributed by atoms with Gasteiger partial charge in [-0.25, -0.2) is 4.98 Å². The van der Waals surface area contributed by atoms with E-state index < -0.39 is 0 Å². The average molecular weight is 346 g/mol. The minimum Gasteiger partial charge on any atom is -0.486 e. The molecule has 0 atom stereocenters. The fourth-order valence-electron chi connectivity index (χ4n) is 2.54. The number of rotatable bonds is 6. The smallest absolute Gasteiger partial charge is 0.225 e. The van der Waals surface area contributed by atoms with Crippen LogP contribution < -0.4 is 4.74 Å². The first kappa shape index (κ1) is 18.5. The standard InChI is InChI=1S/C19H26N2O2S/c1-12(2)19(22)21(6)9-16-11-24-18(20-16)10-23-17-8-13(3)7-14(4)15(17)5/h7-8,11-12H,9-10H2,1-6H3. The number of carbonyl (C=O) groups excluding carboxylic acids is 1. The highest BCUT2D eigenvalue weighted by Crippen LogP contribution is 2.24. The van der Waals surface area contributed by atoms with Crippen LogP contribution in [0.5, 0.6) is 5.75 Å².